The van der Waals surface area contributed by atoms with Gasteiger partial charge in [-0.2, -0.15) is 0 Å². The van der Waals surface area contributed by atoms with Gasteiger partial charge in [-0.05, 0) is 36.8 Å². The Morgan fingerprint density at radius 3 is 2.62 bits per heavy atom. The second kappa shape index (κ2) is 6.90. The molecule has 0 aliphatic carbocycles. The number of aryl methyl sites for hydroxylation is 1. The number of carbonyl (C=O) groups is 2. The number of hydrogen-bond donors (Lipinski definition) is 1. The molecule has 0 radical (unpaired) electrons. The predicted octanol–water partition coefficient (Wildman–Crippen LogP) is 2.98. The molecule has 0 unspecified atom stereocenters. The molecule has 0 fully saturated rings. The number of carbonyl (C=O) groups excluding carboxylic acids is 2. The lowest BCUT2D eigenvalue weighted by atomic mass is 10.2. The maximum atomic E-state index is 11.8. The van der Waals surface area contributed by atoms with Crippen molar-refractivity contribution in [2.45, 2.75) is 6.92 Å². The van der Waals surface area contributed by atoms with Crippen molar-refractivity contribution in [2.24, 2.45) is 0 Å². The standard InChI is InChI=1S/C16H14ClNO3/c1-11-5-2-3-8-14(11)21-15(19)10-18-16(20)12-6-4-7-13(17)9-12/h2-9H,10H2,1H3,(H,18,20). The van der Waals surface area contributed by atoms with E-state index in [4.69, 9.17) is 16.3 Å². The summed E-state index contributed by atoms with van der Waals surface area (Å²) in [4.78, 5) is 23.5. The Morgan fingerprint density at radius 1 is 1.14 bits per heavy atom. The zero-order valence-electron chi connectivity index (χ0n) is 11.4. The van der Waals surface area contributed by atoms with Crippen LogP contribution in [0.4, 0.5) is 0 Å². The van der Waals surface area contributed by atoms with Crippen LogP contribution in [0.25, 0.3) is 0 Å². The summed E-state index contributed by atoms with van der Waals surface area (Å²) in [7, 11) is 0. The van der Waals surface area contributed by atoms with Crippen LogP contribution in [0.5, 0.6) is 5.75 Å². The molecule has 4 nitrogen and oxygen atoms in total. The van der Waals surface area contributed by atoms with E-state index in [1.807, 2.05) is 19.1 Å². The largest absolute Gasteiger partial charge is 0.425 e. The van der Waals surface area contributed by atoms with Crippen molar-refractivity contribution in [3.05, 3.63) is 64.7 Å². The Labute approximate surface area is 127 Å². The minimum absolute atomic E-state index is 0.209. The Morgan fingerprint density at radius 2 is 1.90 bits per heavy atom. The summed E-state index contributed by atoms with van der Waals surface area (Å²) < 4.78 is 5.18. The maximum absolute atomic E-state index is 11.8. The zero-order valence-corrected chi connectivity index (χ0v) is 12.2. The smallest absolute Gasteiger partial charge is 0.330 e. The van der Waals surface area contributed by atoms with E-state index in [-0.39, 0.29) is 12.5 Å². The van der Waals surface area contributed by atoms with Crippen molar-refractivity contribution in [3.63, 3.8) is 0 Å². The molecule has 21 heavy (non-hydrogen) atoms. The quantitative estimate of drug-likeness (QED) is 0.698. The fourth-order valence-electron chi connectivity index (χ4n) is 1.71. The van der Waals surface area contributed by atoms with Crippen LogP contribution in [0, 0.1) is 6.92 Å². The molecule has 0 spiro atoms. The highest BCUT2D eigenvalue weighted by Gasteiger charge is 2.10. The van der Waals surface area contributed by atoms with E-state index in [0.717, 1.165) is 5.56 Å². The van der Waals surface area contributed by atoms with Crippen LogP contribution in [-0.2, 0) is 4.79 Å². The van der Waals surface area contributed by atoms with Gasteiger partial charge in [0, 0.05) is 10.6 Å². The molecular formula is C16H14ClNO3. The van der Waals surface area contributed by atoms with Gasteiger partial charge < -0.3 is 10.1 Å². The van der Waals surface area contributed by atoms with E-state index in [9.17, 15) is 9.59 Å². The summed E-state index contributed by atoms with van der Waals surface area (Å²) in [6.45, 7) is 1.63. The molecule has 0 aromatic heterocycles. The summed E-state index contributed by atoms with van der Waals surface area (Å²) in [5.41, 5.74) is 1.25. The van der Waals surface area contributed by atoms with Crippen LogP contribution in [-0.4, -0.2) is 18.4 Å². The molecule has 1 amide bonds. The number of esters is 1. The van der Waals surface area contributed by atoms with Crippen LogP contribution in [0.3, 0.4) is 0 Å². The van der Waals surface area contributed by atoms with Crippen molar-refractivity contribution in [3.8, 4) is 5.75 Å². The second-order valence-corrected chi connectivity index (χ2v) is 4.87. The SMILES string of the molecule is Cc1ccccc1OC(=O)CNC(=O)c1cccc(Cl)c1. The van der Waals surface area contributed by atoms with Crippen molar-refractivity contribution in [1.82, 2.24) is 5.32 Å². The number of amides is 1. The van der Waals surface area contributed by atoms with Crippen molar-refractivity contribution < 1.29 is 14.3 Å². The summed E-state index contributed by atoms with van der Waals surface area (Å²) in [6.07, 6.45) is 0. The first-order valence-electron chi connectivity index (χ1n) is 6.36. The fraction of sp³-hybridized carbons (Fsp3) is 0.125. The Kier molecular flexibility index (Phi) is 4.95. The van der Waals surface area contributed by atoms with Crippen molar-refractivity contribution in [2.75, 3.05) is 6.54 Å². The number of hydrogen-bond acceptors (Lipinski definition) is 3. The van der Waals surface area contributed by atoms with Gasteiger partial charge in [0.25, 0.3) is 5.91 Å². The average Bonchev–Trinajstić information content (AvgIpc) is 2.47. The fourth-order valence-corrected chi connectivity index (χ4v) is 1.90. The van der Waals surface area contributed by atoms with Gasteiger partial charge in [-0.1, -0.05) is 35.9 Å². The first-order chi connectivity index (χ1) is 10.1. The molecule has 5 heteroatoms. The van der Waals surface area contributed by atoms with Crippen LogP contribution in [0.1, 0.15) is 15.9 Å². The molecule has 2 rings (SSSR count). The highest BCUT2D eigenvalue weighted by Crippen LogP contribution is 2.16. The molecule has 0 heterocycles. The van der Waals surface area contributed by atoms with Crippen molar-refractivity contribution >= 4 is 23.5 Å². The lowest BCUT2D eigenvalue weighted by Crippen LogP contribution is -2.31. The van der Waals surface area contributed by atoms with Gasteiger partial charge in [0.15, 0.2) is 0 Å². The lowest BCUT2D eigenvalue weighted by molar-refractivity contribution is -0.133. The topological polar surface area (TPSA) is 55.4 Å². The first kappa shape index (κ1) is 15.1. The molecule has 0 saturated carbocycles. The van der Waals surface area contributed by atoms with Crippen LogP contribution >= 0.6 is 11.6 Å². The molecule has 2 aromatic rings. The number of rotatable bonds is 4. The van der Waals surface area contributed by atoms with Crippen LogP contribution in [0.2, 0.25) is 5.02 Å². The molecule has 0 saturated heterocycles. The summed E-state index contributed by atoms with van der Waals surface area (Å²) in [5, 5.41) is 2.96. The van der Waals surface area contributed by atoms with E-state index in [1.165, 1.54) is 6.07 Å². The Balaban J connectivity index is 1.90. The van der Waals surface area contributed by atoms with E-state index in [1.54, 1.807) is 30.3 Å². The number of halogens is 1. The molecule has 1 N–H and O–H groups in total. The minimum Gasteiger partial charge on any atom is -0.425 e. The number of nitrogens with one attached hydrogen (secondary N) is 1. The lowest BCUT2D eigenvalue weighted by Gasteiger charge is -2.08. The Bertz CT molecular complexity index is 670. The maximum Gasteiger partial charge on any atom is 0.330 e. The molecule has 0 atom stereocenters. The van der Waals surface area contributed by atoms with Gasteiger partial charge in [-0.3, -0.25) is 4.79 Å². The predicted molar refractivity (Wildman–Crippen MR) is 80.6 cm³/mol. The molecule has 108 valence electrons. The van der Waals surface area contributed by atoms with Gasteiger partial charge in [-0.25, -0.2) is 4.79 Å². The second-order valence-electron chi connectivity index (χ2n) is 4.43. The van der Waals surface area contributed by atoms with Crippen LogP contribution in [0.15, 0.2) is 48.5 Å². The number of para-hydroxylation sites is 1. The molecule has 0 bridgehead atoms. The third-order valence-corrected chi connectivity index (χ3v) is 3.03. The third kappa shape index (κ3) is 4.33. The first-order valence-corrected chi connectivity index (χ1v) is 6.74. The molecule has 2 aromatic carbocycles. The highest BCUT2D eigenvalue weighted by molar-refractivity contribution is 6.30. The summed E-state index contributed by atoms with van der Waals surface area (Å²) >= 11 is 5.80. The monoisotopic (exact) mass is 303 g/mol. The van der Waals surface area contributed by atoms with Gasteiger partial charge in [0.05, 0.1) is 0 Å². The minimum atomic E-state index is -0.528. The molecule has 0 aliphatic rings. The van der Waals surface area contributed by atoms with Gasteiger partial charge >= 0.3 is 5.97 Å². The molecule has 0 aliphatic heterocycles. The third-order valence-electron chi connectivity index (χ3n) is 2.80. The number of ether oxygens (including phenoxy) is 1. The number of benzene rings is 2. The van der Waals surface area contributed by atoms with E-state index in [0.29, 0.717) is 16.3 Å². The van der Waals surface area contributed by atoms with E-state index >= 15 is 0 Å². The highest BCUT2D eigenvalue weighted by atomic mass is 35.5. The summed E-state index contributed by atoms with van der Waals surface area (Å²) in [6, 6.07) is 13.7. The van der Waals surface area contributed by atoms with Crippen LogP contribution < -0.4 is 10.1 Å². The van der Waals surface area contributed by atoms with E-state index in [2.05, 4.69) is 5.32 Å². The van der Waals surface area contributed by atoms with Crippen molar-refractivity contribution in [1.29, 1.82) is 0 Å². The van der Waals surface area contributed by atoms with Gasteiger partial charge in [-0.15, -0.1) is 0 Å². The normalized spacial score (nSPS) is 10.0. The van der Waals surface area contributed by atoms with E-state index < -0.39 is 5.97 Å². The Hall–Kier alpha value is -2.33. The molecular weight excluding hydrogens is 290 g/mol. The zero-order chi connectivity index (χ0) is 15.2. The average molecular weight is 304 g/mol. The van der Waals surface area contributed by atoms with Gasteiger partial charge in [0.1, 0.15) is 12.3 Å². The summed E-state index contributed by atoms with van der Waals surface area (Å²) in [5.74, 6) is -0.418. The van der Waals surface area contributed by atoms with Gasteiger partial charge in [0.2, 0.25) is 0 Å².